The molecule has 1 aliphatic rings. The zero-order valence-corrected chi connectivity index (χ0v) is 9.06. The van der Waals surface area contributed by atoms with Gasteiger partial charge < -0.3 is 10.6 Å². The summed E-state index contributed by atoms with van der Waals surface area (Å²) in [6, 6.07) is 6.52. The van der Waals surface area contributed by atoms with E-state index in [1.165, 1.54) is 11.1 Å². The van der Waals surface area contributed by atoms with E-state index < -0.39 is 0 Å². The summed E-state index contributed by atoms with van der Waals surface area (Å²) in [5.41, 5.74) is 2.61. The highest BCUT2D eigenvalue weighted by Gasteiger charge is 2.15. The third kappa shape index (κ3) is 2.08. The number of hydrogen-bond donors (Lipinski definition) is 2. The number of halogens is 1. The van der Waals surface area contributed by atoms with E-state index in [1.807, 2.05) is 12.1 Å². The van der Waals surface area contributed by atoms with Gasteiger partial charge in [0, 0.05) is 30.7 Å². The maximum Gasteiger partial charge on any atom is 0.0449 e. The Bertz CT molecular complexity index is 319. The summed E-state index contributed by atoms with van der Waals surface area (Å²) in [6.07, 6.45) is 0. The average molecular weight is 211 g/mol. The highest BCUT2D eigenvalue weighted by molar-refractivity contribution is 6.30. The predicted octanol–water partition coefficient (Wildman–Crippen LogP) is 1.88. The second-order valence-electron chi connectivity index (χ2n) is 3.71. The van der Waals surface area contributed by atoms with Crippen LogP contribution < -0.4 is 10.6 Å². The molecule has 1 aromatic rings. The third-order valence-electron chi connectivity index (χ3n) is 2.65. The Labute approximate surface area is 89.7 Å². The van der Waals surface area contributed by atoms with Crippen LogP contribution in [0.5, 0.6) is 0 Å². The highest BCUT2D eigenvalue weighted by Crippen LogP contribution is 2.21. The molecule has 0 unspecified atom stereocenters. The fourth-order valence-corrected chi connectivity index (χ4v) is 2.13. The van der Waals surface area contributed by atoms with Crippen molar-refractivity contribution >= 4 is 11.6 Å². The van der Waals surface area contributed by atoms with Crippen molar-refractivity contribution < 1.29 is 0 Å². The lowest BCUT2D eigenvalue weighted by molar-refractivity contribution is 0.429. The van der Waals surface area contributed by atoms with Crippen LogP contribution in [0.2, 0.25) is 5.02 Å². The lowest BCUT2D eigenvalue weighted by atomic mass is 10.0. The van der Waals surface area contributed by atoms with Crippen LogP contribution in [0.3, 0.4) is 0 Å². The van der Waals surface area contributed by atoms with Gasteiger partial charge in [0.05, 0.1) is 0 Å². The van der Waals surface area contributed by atoms with Gasteiger partial charge in [0.2, 0.25) is 0 Å². The minimum Gasteiger partial charge on any atom is -0.314 e. The molecule has 1 heterocycles. The zero-order chi connectivity index (χ0) is 9.97. The van der Waals surface area contributed by atoms with Gasteiger partial charge in [-0.05, 0) is 30.2 Å². The van der Waals surface area contributed by atoms with Gasteiger partial charge in [-0.1, -0.05) is 17.7 Å². The molecule has 1 atom stereocenters. The minimum atomic E-state index is 0.431. The Balaban J connectivity index is 2.22. The first-order valence-electron chi connectivity index (χ1n) is 4.97. The standard InChI is InChI=1S/C11H15ClN2/c1-8-6-9(12)2-3-10(8)11-7-13-4-5-14-11/h2-3,6,11,13-14H,4-5,7H2,1H3/t11-/m1/s1. The van der Waals surface area contributed by atoms with Gasteiger partial charge >= 0.3 is 0 Å². The van der Waals surface area contributed by atoms with E-state index in [4.69, 9.17) is 11.6 Å². The second-order valence-corrected chi connectivity index (χ2v) is 4.15. The highest BCUT2D eigenvalue weighted by atomic mass is 35.5. The van der Waals surface area contributed by atoms with E-state index >= 15 is 0 Å². The van der Waals surface area contributed by atoms with Crippen LogP contribution in [0.15, 0.2) is 18.2 Å². The monoisotopic (exact) mass is 210 g/mol. The molecule has 76 valence electrons. The van der Waals surface area contributed by atoms with Gasteiger partial charge in [-0.25, -0.2) is 0 Å². The second kappa shape index (κ2) is 4.30. The molecule has 0 saturated carbocycles. The SMILES string of the molecule is Cc1cc(Cl)ccc1[C@H]1CNCCN1. The minimum absolute atomic E-state index is 0.431. The van der Waals surface area contributed by atoms with Crippen molar-refractivity contribution in [3.63, 3.8) is 0 Å². The van der Waals surface area contributed by atoms with Crippen molar-refractivity contribution in [3.8, 4) is 0 Å². The summed E-state index contributed by atoms with van der Waals surface area (Å²) in [7, 11) is 0. The van der Waals surface area contributed by atoms with Crippen LogP contribution in [0.1, 0.15) is 17.2 Å². The Kier molecular flexibility index (Phi) is 3.06. The lowest BCUT2D eigenvalue weighted by Crippen LogP contribution is -2.42. The number of nitrogens with one attached hydrogen (secondary N) is 2. The van der Waals surface area contributed by atoms with Gasteiger partial charge in [-0.15, -0.1) is 0 Å². The van der Waals surface area contributed by atoms with E-state index in [0.717, 1.165) is 24.7 Å². The Morgan fingerprint density at radius 2 is 2.21 bits per heavy atom. The molecule has 1 fully saturated rings. The van der Waals surface area contributed by atoms with Crippen LogP contribution in [0.25, 0.3) is 0 Å². The summed E-state index contributed by atoms with van der Waals surface area (Å²) in [6.45, 7) is 5.20. The van der Waals surface area contributed by atoms with E-state index in [-0.39, 0.29) is 0 Å². The fraction of sp³-hybridized carbons (Fsp3) is 0.455. The largest absolute Gasteiger partial charge is 0.314 e. The van der Waals surface area contributed by atoms with Gasteiger partial charge in [-0.3, -0.25) is 0 Å². The first kappa shape index (κ1) is 9.97. The number of hydrogen-bond acceptors (Lipinski definition) is 2. The molecule has 1 aromatic carbocycles. The molecule has 3 heteroatoms. The first-order chi connectivity index (χ1) is 6.77. The average Bonchev–Trinajstić information content (AvgIpc) is 2.19. The lowest BCUT2D eigenvalue weighted by Gasteiger charge is -2.26. The third-order valence-corrected chi connectivity index (χ3v) is 2.88. The molecule has 2 N–H and O–H groups in total. The van der Waals surface area contributed by atoms with Gasteiger partial charge in [0.15, 0.2) is 0 Å². The van der Waals surface area contributed by atoms with Gasteiger partial charge in [0.25, 0.3) is 0 Å². The Morgan fingerprint density at radius 1 is 1.36 bits per heavy atom. The maximum atomic E-state index is 5.92. The quantitative estimate of drug-likeness (QED) is 0.740. The summed E-state index contributed by atoms with van der Waals surface area (Å²) < 4.78 is 0. The van der Waals surface area contributed by atoms with Crippen LogP contribution in [0.4, 0.5) is 0 Å². The van der Waals surface area contributed by atoms with Gasteiger partial charge in [0.1, 0.15) is 0 Å². The molecular weight excluding hydrogens is 196 g/mol. The number of piperazine rings is 1. The number of aryl methyl sites for hydroxylation is 1. The summed E-state index contributed by atoms with van der Waals surface area (Å²) >= 11 is 5.92. The first-order valence-corrected chi connectivity index (χ1v) is 5.35. The number of rotatable bonds is 1. The van der Waals surface area contributed by atoms with Crippen molar-refractivity contribution in [2.45, 2.75) is 13.0 Å². The number of benzene rings is 1. The molecule has 0 aliphatic carbocycles. The molecule has 0 amide bonds. The molecule has 0 aromatic heterocycles. The molecule has 1 aliphatic heterocycles. The zero-order valence-electron chi connectivity index (χ0n) is 8.31. The smallest absolute Gasteiger partial charge is 0.0449 e. The molecule has 0 bridgehead atoms. The molecule has 1 saturated heterocycles. The van der Waals surface area contributed by atoms with Crippen LogP contribution in [-0.4, -0.2) is 19.6 Å². The normalized spacial score (nSPS) is 22.3. The fourth-order valence-electron chi connectivity index (χ4n) is 1.90. The van der Waals surface area contributed by atoms with Crippen molar-refractivity contribution in [1.29, 1.82) is 0 Å². The van der Waals surface area contributed by atoms with Crippen LogP contribution >= 0.6 is 11.6 Å². The van der Waals surface area contributed by atoms with E-state index in [0.29, 0.717) is 6.04 Å². The predicted molar refractivity (Wildman–Crippen MR) is 59.8 cm³/mol. The van der Waals surface area contributed by atoms with Gasteiger partial charge in [-0.2, -0.15) is 0 Å². The molecule has 0 spiro atoms. The van der Waals surface area contributed by atoms with E-state index in [9.17, 15) is 0 Å². The maximum absolute atomic E-state index is 5.92. The molecule has 2 rings (SSSR count). The van der Waals surface area contributed by atoms with Crippen LogP contribution in [-0.2, 0) is 0 Å². The summed E-state index contributed by atoms with van der Waals surface area (Å²) in [5.74, 6) is 0. The van der Waals surface area contributed by atoms with Crippen molar-refractivity contribution in [2.24, 2.45) is 0 Å². The summed E-state index contributed by atoms with van der Waals surface area (Å²) in [4.78, 5) is 0. The Morgan fingerprint density at radius 3 is 2.86 bits per heavy atom. The molecule has 2 nitrogen and oxygen atoms in total. The van der Waals surface area contributed by atoms with Crippen molar-refractivity contribution in [2.75, 3.05) is 19.6 Å². The summed E-state index contributed by atoms with van der Waals surface area (Å²) in [5, 5.41) is 7.68. The van der Waals surface area contributed by atoms with Crippen molar-refractivity contribution in [1.82, 2.24) is 10.6 Å². The van der Waals surface area contributed by atoms with E-state index in [2.05, 4.69) is 23.6 Å². The van der Waals surface area contributed by atoms with E-state index in [1.54, 1.807) is 0 Å². The topological polar surface area (TPSA) is 24.1 Å². The van der Waals surface area contributed by atoms with Crippen molar-refractivity contribution in [3.05, 3.63) is 34.3 Å². The Hall–Kier alpha value is -0.570. The van der Waals surface area contributed by atoms with Crippen LogP contribution in [0, 0.1) is 6.92 Å². The molecule has 14 heavy (non-hydrogen) atoms. The molecule has 0 radical (unpaired) electrons. The molecular formula is C11H15ClN2.